The van der Waals surface area contributed by atoms with Gasteiger partial charge in [0, 0.05) is 16.4 Å². The minimum atomic E-state index is -0.442. The maximum Gasteiger partial charge on any atom is 0.193 e. The van der Waals surface area contributed by atoms with Crippen molar-refractivity contribution in [2.24, 2.45) is 0 Å². The van der Waals surface area contributed by atoms with Crippen molar-refractivity contribution in [3.63, 3.8) is 0 Å². The first kappa shape index (κ1) is 14.1. The molecular weight excluding hydrogens is 307 g/mol. The maximum absolute atomic E-state index is 14.2. The van der Waals surface area contributed by atoms with Gasteiger partial charge in [-0.1, -0.05) is 48.5 Å². The quantitative estimate of drug-likeness (QED) is 0.586. The fourth-order valence-corrected chi connectivity index (χ4v) is 3.81. The summed E-state index contributed by atoms with van der Waals surface area (Å²) in [5.41, 5.74) is 2.61. The predicted octanol–water partition coefficient (Wildman–Crippen LogP) is 5.30. The number of rotatable bonds is 2. The van der Waals surface area contributed by atoms with Crippen LogP contribution in [0.25, 0.3) is 6.08 Å². The van der Waals surface area contributed by atoms with Gasteiger partial charge in [0.25, 0.3) is 0 Å². The SMILES string of the molecule is O=C1/C(=C\c2cccs2)C(c2ccccc2)c2cccc(F)c21. The number of hydrogen-bond acceptors (Lipinski definition) is 2. The van der Waals surface area contributed by atoms with Gasteiger partial charge in [-0.3, -0.25) is 4.79 Å². The lowest BCUT2D eigenvalue weighted by Crippen LogP contribution is -2.02. The van der Waals surface area contributed by atoms with Crippen LogP contribution in [0.3, 0.4) is 0 Å². The molecule has 3 heteroatoms. The van der Waals surface area contributed by atoms with E-state index in [0.29, 0.717) is 5.57 Å². The summed E-state index contributed by atoms with van der Waals surface area (Å²) in [4.78, 5) is 13.8. The smallest absolute Gasteiger partial charge is 0.193 e. The molecule has 3 aromatic rings. The number of ketones is 1. The molecule has 0 saturated heterocycles. The molecule has 112 valence electrons. The lowest BCUT2D eigenvalue weighted by molar-refractivity contribution is 0.103. The first-order chi connectivity index (χ1) is 11.3. The van der Waals surface area contributed by atoms with Gasteiger partial charge in [0.05, 0.1) is 5.56 Å². The summed E-state index contributed by atoms with van der Waals surface area (Å²) < 4.78 is 14.2. The minimum absolute atomic E-state index is 0.208. The Morgan fingerprint density at radius 2 is 1.78 bits per heavy atom. The maximum atomic E-state index is 14.2. The molecule has 0 amide bonds. The molecule has 4 rings (SSSR count). The first-order valence-electron chi connectivity index (χ1n) is 7.39. The van der Waals surface area contributed by atoms with E-state index in [-0.39, 0.29) is 17.3 Å². The second kappa shape index (κ2) is 5.60. The lowest BCUT2D eigenvalue weighted by Gasteiger charge is -2.13. The van der Waals surface area contributed by atoms with Gasteiger partial charge in [-0.15, -0.1) is 11.3 Å². The Bertz CT molecular complexity index is 895. The van der Waals surface area contributed by atoms with Crippen LogP contribution in [0.4, 0.5) is 4.39 Å². The molecule has 2 aromatic carbocycles. The summed E-state index contributed by atoms with van der Waals surface area (Å²) in [7, 11) is 0. The number of hydrogen-bond donors (Lipinski definition) is 0. The van der Waals surface area contributed by atoms with Crippen LogP contribution >= 0.6 is 11.3 Å². The number of allylic oxidation sites excluding steroid dienone is 1. The van der Waals surface area contributed by atoms with Crippen molar-refractivity contribution in [1.82, 2.24) is 0 Å². The normalized spacial score (nSPS) is 18.4. The van der Waals surface area contributed by atoms with Crippen molar-refractivity contribution in [1.29, 1.82) is 0 Å². The number of carbonyl (C=O) groups is 1. The highest BCUT2D eigenvalue weighted by molar-refractivity contribution is 7.10. The molecule has 0 radical (unpaired) electrons. The summed E-state index contributed by atoms with van der Waals surface area (Å²) in [6.07, 6.45) is 1.89. The Morgan fingerprint density at radius 1 is 0.957 bits per heavy atom. The standard InChI is InChI=1S/C20H13FOS/c21-17-10-4-9-15-18(13-6-2-1-3-7-13)16(20(22)19(15)17)12-14-8-5-11-23-14/h1-12,18H/b16-12-. The highest BCUT2D eigenvalue weighted by Crippen LogP contribution is 2.43. The molecule has 1 aliphatic carbocycles. The van der Waals surface area contributed by atoms with Gasteiger partial charge in [0.2, 0.25) is 0 Å². The average molecular weight is 320 g/mol. The predicted molar refractivity (Wildman–Crippen MR) is 91.3 cm³/mol. The number of Topliss-reactive ketones (excluding diaryl/α,β-unsaturated/α-hetero) is 1. The molecule has 0 spiro atoms. The molecule has 0 aliphatic heterocycles. The van der Waals surface area contributed by atoms with E-state index >= 15 is 0 Å². The number of thiophene rings is 1. The van der Waals surface area contributed by atoms with Crippen LogP contribution < -0.4 is 0 Å². The monoisotopic (exact) mass is 320 g/mol. The summed E-state index contributed by atoms with van der Waals surface area (Å²) in [6.45, 7) is 0. The highest BCUT2D eigenvalue weighted by atomic mass is 32.1. The number of carbonyl (C=O) groups excluding carboxylic acids is 1. The Morgan fingerprint density at radius 3 is 2.52 bits per heavy atom. The number of fused-ring (bicyclic) bond motifs is 1. The van der Waals surface area contributed by atoms with Gasteiger partial charge >= 0.3 is 0 Å². The van der Waals surface area contributed by atoms with Crippen LogP contribution in [-0.2, 0) is 0 Å². The zero-order valence-electron chi connectivity index (χ0n) is 12.2. The van der Waals surface area contributed by atoms with Crippen molar-refractivity contribution in [3.05, 3.63) is 99.0 Å². The van der Waals surface area contributed by atoms with Crippen LogP contribution in [0.15, 0.2) is 71.6 Å². The Labute approximate surface area is 137 Å². The van der Waals surface area contributed by atoms with E-state index in [9.17, 15) is 9.18 Å². The molecule has 1 nitrogen and oxygen atoms in total. The largest absolute Gasteiger partial charge is 0.289 e. The van der Waals surface area contributed by atoms with E-state index in [2.05, 4.69) is 0 Å². The van der Waals surface area contributed by atoms with Crippen LogP contribution in [-0.4, -0.2) is 5.78 Å². The molecule has 0 N–H and O–H groups in total. The van der Waals surface area contributed by atoms with Gasteiger partial charge in [-0.05, 0) is 34.7 Å². The molecule has 1 heterocycles. The second-order valence-electron chi connectivity index (χ2n) is 5.49. The number of halogens is 1. The van der Waals surface area contributed by atoms with E-state index in [1.54, 1.807) is 17.4 Å². The number of benzene rings is 2. The van der Waals surface area contributed by atoms with Gasteiger partial charge in [-0.25, -0.2) is 4.39 Å². The second-order valence-corrected chi connectivity index (χ2v) is 6.47. The van der Waals surface area contributed by atoms with Crippen molar-refractivity contribution >= 4 is 23.2 Å². The summed E-state index contributed by atoms with van der Waals surface area (Å²) in [6, 6.07) is 18.6. The van der Waals surface area contributed by atoms with E-state index in [1.165, 1.54) is 6.07 Å². The highest BCUT2D eigenvalue weighted by Gasteiger charge is 2.37. The van der Waals surface area contributed by atoms with Crippen LogP contribution in [0.1, 0.15) is 32.3 Å². The molecule has 1 aliphatic rings. The lowest BCUT2D eigenvalue weighted by atomic mass is 9.89. The third kappa shape index (κ3) is 2.34. The van der Waals surface area contributed by atoms with Gasteiger partial charge in [0.15, 0.2) is 5.78 Å². The van der Waals surface area contributed by atoms with E-state index in [4.69, 9.17) is 0 Å². The van der Waals surface area contributed by atoms with Crippen LogP contribution in [0.5, 0.6) is 0 Å². The first-order valence-corrected chi connectivity index (χ1v) is 8.27. The van der Waals surface area contributed by atoms with E-state index in [1.807, 2.05) is 60.0 Å². The molecular formula is C20H13FOS. The minimum Gasteiger partial charge on any atom is -0.289 e. The van der Waals surface area contributed by atoms with Crippen LogP contribution in [0, 0.1) is 5.82 Å². The molecule has 1 atom stereocenters. The Hall–Kier alpha value is -2.52. The summed E-state index contributed by atoms with van der Waals surface area (Å²) in [5, 5.41) is 1.97. The molecule has 0 fully saturated rings. The molecule has 23 heavy (non-hydrogen) atoms. The molecule has 0 saturated carbocycles. The van der Waals surface area contributed by atoms with Gasteiger partial charge in [-0.2, -0.15) is 0 Å². The van der Waals surface area contributed by atoms with Gasteiger partial charge in [0.1, 0.15) is 5.82 Å². The average Bonchev–Trinajstić information content (AvgIpc) is 3.17. The third-order valence-electron chi connectivity index (χ3n) is 4.13. The van der Waals surface area contributed by atoms with Crippen molar-refractivity contribution in [2.45, 2.75) is 5.92 Å². The van der Waals surface area contributed by atoms with E-state index in [0.717, 1.165) is 16.0 Å². The zero-order valence-corrected chi connectivity index (χ0v) is 13.0. The summed E-state index contributed by atoms with van der Waals surface area (Å²) in [5.74, 6) is -0.861. The zero-order chi connectivity index (χ0) is 15.8. The Balaban J connectivity index is 1.95. The molecule has 0 bridgehead atoms. The molecule has 1 aromatic heterocycles. The Kier molecular flexibility index (Phi) is 3.43. The molecule has 1 unspecified atom stereocenters. The van der Waals surface area contributed by atoms with E-state index < -0.39 is 5.82 Å². The van der Waals surface area contributed by atoms with Crippen molar-refractivity contribution < 1.29 is 9.18 Å². The summed E-state index contributed by atoms with van der Waals surface area (Å²) >= 11 is 1.57. The van der Waals surface area contributed by atoms with Crippen molar-refractivity contribution in [2.75, 3.05) is 0 Å². The van der Waals surface area contributed by atoms with Crippen LogP contribution in [0.2, 0.25) is 0 Å². The van der Waals surface area contributed by atoms with Crippen molar-refractivity contribution in [3.8, 4) is 0 Å². The fourth-order valence-electron chi connectivity index (χ4n) is 3.14. The fraction of sp³-hybridized carbons (Fsp3) is 0.0500. The third-order valence-corrected chi connectivity index (χ3v) is 4.95. The topological polar surface area (TPSA) is 17.1 Å². The van der Waals surface area contributed by atoms with Gasteiger partial charge < -0.3 is 0 Å².